The minimum Gasteiger partial charge on any atom is -0.408 e. The number of hydrogen-bond donors (Lipinski definition) is 2. The van der Waals surface area contributed by atoms with Gasteiger partial charge in [0.1, 0.15) is 0 Å². The highest BCUT2D eigenvalue weighted by Crippen LogP contribution is 2.19. The molecule has 3 N–H and O–H groups in total. The minimum atomic E-state index is -0.723. The van der Waals surface area contributed by atoms with Gasteiger partial charge in [0.05, 0.1) is 11.6 Å². The lowest BCUT2D eigenvalue weighted by Crippen LogP contribution is -2.13. The Labute approximate surface area is 98.5 Å². The number of hydrogen-bond acceptors (Lipinski definition) is 4. The Morgan fingerprint density at radius 2 is 2.29 bits per heavy atom. The van der Waals surface area contributed by atoms with E-state index in [2.05, 4.69) is 0 Å². The lowest BCUT2D eigenvalue weighted by atomic mass is 10.1. The maximum atomic E-state index is 11.6. The summed E-state index contributed by atoms with van der Waals surface area (Å²) in [5, 5.41) is 9.62. The van der Waals surface area contributed by atoms with E-state index in [1.165, 1.54) is 0 Å². The number of nitrogens with zero attached hydrogens (tertiary/aromatic N) is 1. The molecule has 0 saturated carbocycles. The first-order valence-electron chi connectivity index (χ1n) is 5.68. The van der Waals surface area contributed by atoms with Crippen LogP contribution in [0.1, 0.15) is 25.0 Å². The highest BCUT2D eigenvalue weighted by molar-refractivity contribution is 5.73. The van der Waals surface area contributed by atoms with E-state index in [1.807, 2.05) is 6.92 Å². The van der Waals surface area contributed by atoms with Crippen LogP contribution < -0.4 is 11.5 Å². The van der Waals surface area contributed by atoms with Gasteiger partial charge in [-0.1, -0.05) is 13.0 Å². The molecule has 5 nitrogen and oxygen atoms in total. The average molecular weight is 236 g/mol. The Hall–Kier alpha value is -1.59. The summed E-state index contributed by atoms with van der Waals surface area (Å²) in [6.07, 6.45) is 0.140. The third kappa shape index (κ3) is 2.11. The summed E-state index contributed by atoms with van der Waals surface area (Å²) in [6, 6.07) is 5.21. The van der Waals surface area contributed by atoms with Crippen LogP contribution >= 0.6 is 0 Å². The molecule has 1 aromatic heterocycles. The van der Waals surface area contributed by atoms with Crippen LogP contribution in [0.3, 0.4) is 0 Å². The molecular weight excluding hydrogens is 220 g/mol. The fourth-order valence-corrected chi connectivity index (χ4v) is 1.86. The monoisotopic (exact) mass is 236 g/mol. The molecule has 0 fully saturated rings. The summed E-state index contributed by atoms with van der Waals surface area (Å²) in [5.41, 5.74) is 7.30. The summed E-state index contributed by atoms with van der Waals surface area (Å²) in [4.78, 5) is 11.6. The van der Waals surface area contributed by atoms with Gasteiger partial charge in [0, 0.05) is 13.1 Å². The molecule has 92 valence electrons. The maximum absolute atomic E-state index is 11.6. The zero-order valence-electron chi connectivity index (χ0n) is 9.72. The molecular formula is C12H16N2O3. The number of aromatic nitrogens is 1. The van der Waals surface area contributed by atoms with Gasteiger partial charge in [-0.05, 0) is 24.1 Å². The third-order valence-corrected chi connectivity index (χ3v) is 2.75. The summed E-state index contributed by atoms with van der Waals surface area (Å²) in [6.45, 7) is 2.77. The van der Waals surface area contributed by atoms with Crippen LogP contribution in [0.15, 0.2) is 27.4 Å². The molecule has 1 unspecified atom stereocenters. The van der Waals surface area contributed by atoms with Crippen molar-refractivity contribution >= 4 is 11.1 Å². The average Bonchev–Trinajstić information content (AvgIpc) is 2.64. The molecule has 17 heavy (non-hydrogen) atoms. The van der Waals surface area contributed by atoms with Gasteiger partial charge >= 0.3 is 5.76 Å². The van der Waals surface area contributed by atoms with E-state index in [0.29, 0.717) is 17.7 Å². The van der Waals surface area contributed by atoms with Gasteiger partial charge in [-0.3, -0.25) is 4.57 Å². The summed E-state index contributed by atoms with van der Waals surface area (Å²) in [7, 11) is 0. The molecule has 1 heterocycles. The number of nitrogens with two attached hydrogens (primary N) is 1. The second-order valence-electron chi connectivity index (χ2n) is 4.00. The van der Waals surface area contributed by atoms with Crippen LogP contribution in [0.4, 0.5) is 0 Å². The predicted octanol–water partition coefficient (Wildman–Crippen LogP) is 0.997. The van der Waals surface area contributed by atoms with E-state index in [4.69, 9.17) is 10.2 Å². The van der Waals surface area contributed by atoms with Crippen LogP contribution in [0.5, 0.6) is 0 Å². The lowest BCUT2D eigenvalue weighted by molar-refractivity contribution is 0.187. The van der Waals surface area contributed by atoms with Crippen LogP contribution in [0, 0.1) is 0 Å². The van der Waals surface area contributed by atoms with Crippen molar-refractivity contribution in [2.75, 3.05) is 6.54 Å². The molecule has 0 aliphatic carbocycles. The summed E-state index contributed by atoms with van der Waals surface area (Å²) < 4.78 is 6.73. The zero-order chi connectivity index (χ0) is 12.4. The fraction of sp³-hybridized carbons (Fsp3) is 0.417. The van der Waals surface area contributed by atoms with Crippen LogP contribution in [-0.2, 0) is 6.54 Å². The quantitative estimate of drug-likeness (QED) is 0.829. The molecule has 0 bridgehead atoms. The molecule has 2 aromatic rings. The molecule has 0 amide bonds. The maximum Gasteiger partial charge on any atom is 0.419 e. The number of oxazole rings is 1. The molecule has 5 heteroatoms. The third-order valence-electron chi connectivity index (χ3n) is 2.75. The largest absolute Gasteiger partial charge is 0.419 e. The Balaban J connectivity index is 2.53. The molecule has 0 saturated heterocycles. The molecule has 0 spiro atoms. The van der Waals surface area contributed by atoms with E-state index < -0.39 is 6.10 Å². The van der Waals surface area contributed by atoms with Crippen molar-refractivity contribution in [2.24, 2.45) is 5.73 Å². The van der Waals surface area contributed by atoms with E-state index in [9.17, 15) is 9.90 Å². The highest BCUT2D eigenvalue weighted by atomic mass is 16.4. The van der Waals surface area contributed by atoms with Gasteiger partial charge in [-0.15, -0.1) is 0 Å². The van der Waals surface area contributed by atoms with Crippen molar-refractivity contribution in [3.63, 3.8) is 0 Å². The molecule has 0 aliphatic heterocycles. The number of rotatable bonds is 4. The first kappa shape index (κ1) is 11.9. The number of benzene rings is 1. The lowest BCUT2D eigenvalue weighted by Gasteiger charge is -2.07. The van der Waals surface area contributed by atoms with Gasteiger partial charge < -0.3 is 15.3 Å². The molecule has 1 aromatic carbocycles. The second-order valence-corrected chi connectivity index (χ2v) is 4.00. The Morgan fingerprint density at radius 3 is 2.94 bits per heavy atom. The van der Waals surface area contributed by atoms with Crippen LogP contribution in [-0.4, -0.2) is 16.2 Å². The second kappa shape index (κ2) is 4.73. The van der Waals surface area contributed by atoms with Crippen molar-refractivity contribution < 1.29 is 9.52 Å². The smallest absolute Gasteiger partial charge is 0.408 e. The molecule has 0 aliphatic rings. The number of aryl methyl sites for hydroxylation is 1. The Kier molecular flexibility index (Phi) is 3.31. The van der Waals surface area contributed by atoms with Crippen molar-refractivity contribution in [1.29, 1.82) is 0 Å². The van der Waals surface area contributed by atoms with Gasteiger partial charge in [-0.2, -0.15) is 0 Å². The Morgan fingerprint density at radius 1 is 1.53 bits per heavy atom. The normalized spacial score (nSPS) is 13.1. The van der Waals surface area contributed by atoms with E-state index in [1.54, 1.807) is 22.8 Å². The summed E-state index contributed by atoms with van der Waals surface area (Å²) in [5.74, 6) is -0.360. The summed E-state index contributed by atoms with van der Waals surface area (Å²) >= 11 is 0. The highest BCUT2D eigenvalue weighted by Gasteiger charge is 2.11. The first-order valence-corrected chi connectivity index (χ1v) is 5.68. The van der Waals surface area contributed by atoms with Crippen molar-refractivity contribution in [3.8, 4) is 0 Å². The van der Waals surface area contributed by atoms with Gasteiger partial charge in [-0.25, -0.2) is 4.79 Å². The van der Waals surface area contributed by atoms with Gasteiger partial charge in [0.2, 0.25) is 0 Å². The van der Waals surface area contributed by atoms with E-state index >= 15 is 0 Å². The SMILES string of the molecule is CCCn1c(=O)oc2cc(C(O)CN)ccc21. The fourth-order valence-electron chi connectivity index (χ4n) is 1.86. The molecule has 2 rings (SSSR count). The van der Waals surface area contributed by atoms with Crippen molar-refractivity contribution in [3.05, 3.63) is 34.3 Å². The molecule has 0 radical (unpaired) electrons. The number of fused-ring (bicyclic) bond motifs is 1. The Bertz CT molecular complexity index is 571. The zero-order valence-corrected chi connectivity index (χ0v) is 9.72. The van der Waals surface area contributed by atoms with Gasteiger partial charge in [0.25, 0.3) is 0 Å². The molecule has 1 atom stereocenters. The van der Waals surface area contributed by atoms with E-state index in [0.717, 1.165) is 11.9 Å². The van der Waals surface area contributed by atoms with Crippen LogP contribution in [0.25, 0.3) is 11.1 Å². The van der Waals surface area contributed by atoms with Crippen molar-refractivity contribution in [2.45, 2.75) is 26.0 Å². The first-order chi connectivity index (χ1) is 8.17. The standard InChI is InChI=1S/C12H16N2O3/c1-2-5-14-9-4-3-8(10(15)7-13)6-11(9)17-12(14)16/h3-4,6,10,15H,2,5,7,13H2,1H3. The number of aliphatic hydroxyl groups excluding tert-OH is 1. The van der Waals surface area contributed by atoms with E-state index in [-0.39, 0.29) is 12.3 Å². The van der Waals surface area contributed by atoms with Crippen molar-refractivity contribution in [1.82, 2.24) is 4.57 Å². The van der Waals surface area contributed by atoms with Crippen LogP contribution in [0.2, 0.25) is 0 Å². The minimum absolute atomic E-state index is 0.144. The number of aliphatic hydroxyl groups is 1. The predicted molar refractivity (Wildman–Crippen MR) is 64.8 cm³/mol. The topological polar surface area (TPSA) is 81.4 Å². The van der Waals surface area contributed by atoms with Gasteiger partial charge in [0.15, 0.2) is 5.58 Å².